The van der Waals surface area contributed by atoms with Crippen molar-refractivity contribution in [1.29, 1.82) is 0 Å². The van der Waals surface area contributed by atoms with Crippen LogP contribution in [0.15, 0.2) is 0 Å². The zero-order chi connectivity index (χ0) is 11.5. The molecule has 0 amide bonds. The molecule has 1 aliphatic rings. The standard InChI is InChI=1S/C12H25NOS/c1-5-8-13-11(10-6-7-10)9-15(14)12(2,3)4/h10-11,13H,5-9H2,1-4H3. The van der Waals surface area contributed by atoms with Crippen molar-refractivity contribution in [2.24, 2.45) is 5.92 Å². The van der Waals surface area contributed by atoms with Gasteiger partial charge in [-0.25, -0.2) is 0 Å². The van der Waals surface area contributed by atoms with Gasteiger partial charge in [0.15, 0.2) is 0 Å². The minimum Gasteiger partial charge on any atom is -0.313 e. The topological polar surface area (TPSA) is 29.1 Å². The smallest absolute Gasteiger partial charge is 0.0396 e. The second-order valence-corrected chi connectivity index (χ2v) is 7.77. The molecule has 1 fully saturated rings. The zero-order valence-electron chi connectivity index (χ0n) is 10.5. The van der Waals surface area contributed by atoms with Crippen LogP contribution >= 0.6 is 0 Å². The van der Waals surface area contributed by atoms with E-state index in [9.17, 15) is 4.21 Å². The Morgan fingerprint density at radius 3 is 2.40 bits per heavy atom. The van der Waals surface area contributed by atoms with Gasteiger partial charge in [0.05, 0.1) is 0 Å². The van der Waals surface area contributed by atoms with Crippen LogP contribution in [0.3, 0.4) is 0 Å². The monoisotopic (exact) mass is 231 g/mol. The van der Waals surface area contributed by atoms with E-state index in [4.69, 9.17) is 0 Å². The Bertz CT molecular complexity index is 218. The third-order valence-electron chi connectivity index (χ3n) is 2.86. The summed E-state index contributed by atoms with van der Waals surface area (Å²) in [6.45, 7) is 9.42. The Morgan fingerprint density at radius 2 is 2.00 bits per heavy atom. The van der Waals surface area contributed by atoms with Gasteiger partial charge in [-0.3, -0.25) is 4.21 Å². The van der Waals surface area contributed by atoms with Crippen molar-refractivity contribution < 1.29 is 4.21 Å². The highest BCUT2D eigenvalue weighted by Crippen LogP contribution is 2.33. The summed E-state index contributed by atoms with van der Waals surface area (Å²) >= 11 is 0. The number of hydrogen-bond donors (Lipinski definition) is 1. The van der Waals surface area contributed by atoms with Crippen LogP contribution in [-0.4, -0.2) is 27.3 Å². The molecule has 0 spiro atoms. The van der Waals surface area contributed by atoms with Crippen LogP contribution in [0.2, 0.25) is 0 Å². The largest absolute Gasteiger partial charge is 0.313 e. The van der Waals surface area contributed by atoms with Gasteiger partial charge in [-0.05, 0) is 52.5 Å². The zero-order valence-corrected chi connectivity index (χ0v) is 11.3. The van der Waals surface area contributed by atoms with Crippen LogP contribution < -0.4 is 5.32 Å². The van der Waals surface area contributed by atoms with Gasteiger partial charge in [-0.1, -0.05) is 6.92 Å². The van der Waals surface area contributed by atoms with Gasteiger partial charge in [0.25, 0.3) is 0 Å². The Kier molecular flexibility index (Phi) is 4.78. The molecular formula is C12H25NOS. The van der Waals surface area contributed by atoms with E-state index in [0.29, 0.717) is 6.04 Å². The quantitative estimate of drug-likeness (QED) is 0.760. The lowest BCUT2D eigenvalue weighted by Crippen LogP contribution is -2.40. The average molecular weight is 231 g/mol. The van der Waals surface area contributed by atoms with E-state index in [2.05, 4.69) is 33.0 Å². The van der Waals surface area contributed by atoms with Gasteiger partial charge < -0.3 is 5.32 Å². The molecule has 0 aromatic carbocycles. The van der Waals surface area contributed by atoms with Crippen LogP contribution in [0.4, 0.5) is 0 Å². The first kappa shape index (κ1) is 13.2. The first-order chi connectivity index (χ1) is 6.95. The van der Waals surface area contributed by atoms with E-state index in [1.54, 1.807) is 0 Å². The minimum atomic E-state index is -0.714. The molecule has 0 saturated heterocycles. The molecule has 0 aromatic heterocycles. The molecule has 0 aromatic rings. The lowest BCUT2D eigenvalue weighted by atomic mass is 10.2. The highest BCUT2D eigenvalue weighted by atomic mass is 32.2. The second kappa shape index (κ2) is 5.44. The van der Waals surface area contributed by atoms with Crippen molar-refractivity contribution in [2.45, 2.75) is 57.7 Å². The summed E-state index contributed by atoms with van der Waals surface area (Å²) in [6.07, 6.45) is 3.80. The summed E-state index contributed by atoms with van der Waals surface area (Å²) in [5.74, 6) is 1.62. The minimum absolute atomic E-state index is 0.0684. The highest BCUT2D eigenvalue weighted by molar-refractivity contribution is 7.86. The van der Waals surface area contributed by atoms with Gasteiger partial charge in [-0.15, -0.1) is 0 Å². The van der Waals surface area contributed by atoms with Crippen LogP contribution in [0.5, 0.6) is 0 Å². The summed E-state index contributed by atoms with van der Waals surface area (Å²) in [4.78, 5) is 0. The fourth-order valence-electron chi connectivity index (χ4n) is 1.60. The molecule has 1 rings (SSSR count). The van der Waals surface area contributed by atoms with Gasteiger partial charge in [0.2, 0.25) is 0 Å². The molecule has 0 aliphatic heterocycles. The van der Waals surface area contributed by atoms with Crippen molar-refractivity contribution in [2.75, 3.05) is 12.3 Å². The first-order valence-electron chi connectivity index (χ1n) is 6.07. The first-order valence-corrected chi connectivity index (χ1v) is 7.39. The lowest BCUT2D eigenvalue weighted by molar-refractivity contribution is 0.495. The Labute approximate surface area is 96.7 Å². The summed E-state index contributed by atoms with van der Waals surface area (Å²) in [7, 11) is -0.714. The fourth-order valence-corrected chi connectivity index (χ4v) is 2.82. The molecule has 3 heteroatoms. The average Bonchev–Trinajstić information content (AvgIpc) is 2.93. The molecule has 1 saturated carbocycles. The van der Waals surface area contributed by atoms with Gasteiger partial charge >= 0.3 is 0 Å². The van der Waals surface area contributed by atoms with Crippen LogP contribution in [0.1, 0.15) is 47.0 Å². The lowest BCUT2D eigenvalue weighted by Gasteiger charge is -2.23. The fraction of sp³-hybridized carbons (Fsp3) is 1.00. The molecule has 0 radical (unpaired) electrons. The SMILES string of the molecule is CCCNC(CS(=O)C(C)(C)C)C1CC1. The molecule has 1 N–H and O–H groups in total. The Morgan fingerprint density at radius 1 is 1.40 bits per heavy atom. The molecule has 15 heavy (non-hydrogen) atoms. The Hall–Kier alpha value is 0.110. The van der Waals surface area contributed by atoms with Crippen LogP contribution in [0.25, 0.3) is 0 Å². The predicted molar refractivity (Wildman–Crippen MR) is 67.6 cm³/mol. The summed E-state index contributed by atoms with van der Waals surface area (Å²) < 4.78 is 12.0. The van der Waals surface area contributed by atoms with E-state index < -0.39 is 10.8 Å². The maximum atomic E-state index is 12.0. The highest BCUT2D eigenvalue weighted by Gasteiger charge is 2.33. The summed E-state index contributed by atoms with van der Waals surface area (Å²) in [6, 6.07) is 0.491. The number of hydrogen-bond acceptors (Lipinski definition) is 2. The number of nitrogens with one attached hydrogen (secondary N) is 1. The van der Waals surface area contributed by atoms with Crippen LogP contribution in [-0.2, 0) is 10.8 Å². The van der Waals surface area contributed by atoms with E-state index in [0.717, 1.165) is 24.6 Å². The van der Waals surface area contributed by atoms with Crippen molar-refractivity contribution in [3.63, 3.8) is 0 Å². The maximum absolute atomic E-state index is 12.0. The number of rotatable bonds is 6. The van der Waals surface area contributed by atoms with Crippen molar-refractivity contribution in [1.82, 2.24) is 5.32 Å². The van der Waals surface area contributed by atoms with E-state index in [-0.39, 0.29) is 4.75 Å². The normalized spacial score (nSPS) is 21.3. The van der Waals surface area contributed by atoms with Gasteiger partial charge in [-0.2, -0.15) is 0 Å². The van der Waals surface area contributed by atoms with Crippen LogP contribution in [0, 0.1) is 5.92 Å². The van der Waals surface area contributed by atoms with Gasteiger partial charge in [0, 0.05) is 27.3 Å². The molecule has 0 bridgehead atoms. The summed E-state index contributed by atoms with van der Waals surface area (Å²) in [5.41, 5.74) is 0. The maximum Gasteiger partial charge on any atom is 0.0396 e. The molecule has 2 unspecified atom stereocenters. The van der Waals surface area contributed by atoms with E-state index in [1.165, 1.54) is 12.8 Å². The third kappa shape index (κ3) is 4.64. The molecular weight excluding hydrogens is 206 g/mol. The van der Waals surface area contributed by atoms with E-state index >= 15 is 0 Å². The second-order valence-electron chi connectivity index (χ2n) is 5.52. The molecule has 2 atom stereocenters. The Balaban J connectivity index is 2.40. The van der Waals surface area contributed by atoms with E-state index in [1.807, 2.05) is 0 Å². The molecule has 2 nitrogen and oxygen atoms in total. The predicted octanol–water partition coefficient (Wildman–Crippen LogP) is 2.31. The molecule has 1 aliphatic carbocycles. The van der Waals surface area contributed by atoms with Crippen molar-refractivity contribution in [3.05, 3.63) is 0 Å². The van der Waals surface area contributed by atoms with Gasteiger partial charge in [0.1, 0.15) is 0 Å². The summed E-state index contributed by atoms with van der Waals surface area (Å²) in [5, 5.41) is 3.54. The van der Waals surface area contributed by atoms with Crippen molar-refractivity contribution in [3.8, 4) is 0 Å². The molecule has 0 heterocycles. The molecule has 90 valence electrons. The third-order valence-corrected chi connectivity index (χ3v) is 4.89. The van der Waals surface area contributed by atoms with Crippen molar-refractivity contribution >= 4 is 10.8 Å².